The maximum absolute atomic E-state index is 12.6. The number of sulfone groups is 1. The first-order valence-corrected chi connectivity index (χ1v) is 9.21. The fourth-order valence-corrected chi connectivity index (χ4v) is 4.54. The molecule has 3 aromatic rings. The van der Waals surface area contributed by atoms with E-state index in [1.165, 1.54) is 0 Å². The van der Waals surface area contributed by atoms with Gasteiger partial charge in [-0.15, -0.1) is 5.10 Å². The highest BCUT2D eigenvalue weighted by atomic mass is 35.5. The van der Waals surface area contributed by atoms with Crippen LogP contribution in [0.3, 0.4) is 0 Å². The van der Waals surface area contributed by atoms with Crippen molar-refractivity contribution in [3.05, 3.63) is 65.2 Å². The second kappa shape index (κ2) is 6.16. The van der Waals surface area contributed by atoms with Gasteiger partial charge in [0.1, 0.15) is 5.69 Å². The zero-order chi connectivity index (χ0) is 15.6. The standard InChI is InChI=1S/C15H11ClN2O2S2/c16-13-8-6-11(7-9-13)10-22(19,20)15-14(17-18-21-15)12-4-2-1-3-5-12/h1-9H,10H2. The van der Waals surface area contributed by atoms with Crippen LogP contribution in [-0.2, 0) is 15.6 Å². The highest BCUT2D eigenvalue weighted by Gasteiger charge is 2.24. The largest absolute Gasteiger partial charge is 0.222 e. The molecule has 0 aliphatic rings. The van der Waals surface area contributed by atoms with E-state index in [1.54, 1.807) is 24.3 Å². The molecule has 22 heavy (non-hydrogen) atoms. The number of halogens is 1. The van der Waals surface area contributed by atoms with Gasteiger partial charge in [-0.25, -0.2) is 8.42 Å². The maximum Gasteiger partial charge on any atom is 0.195 e. The molecule has 1 aromatic heterocycles. The number of rotatable bonds is 4. The third-order valence-electron chi connectivity index (χ3n) is 3.06. The van der Waals surface area contributed by atoms with E-state index in [2.05, 4.69) is 9.59 Å². The van der Waals surface area contributed by atoms with E-state index in [-0.39, 0.29) is 9.96 Å². The lowest BCUT2D eigenvalue weighted by Crippen LogP contribution is -2.04. The van der Waals surface area contributed by atoms with Crippen molar-refractivity contribution in [1.29, 1.82) is 0 Å². The van der Waals surface area contributed by atoms with Crippen molar-refractivity contribution in [2.45, 2.75) is 9.96 Å². The molecule has 0 aliphatic heterocycles. The average molecular weight is 351 g/mol. The summed E-state index contributed by atoms with van der Waals surface area (Å²) in [6.07, 6.45) is 0. The number of hydrogen-bond acceptors (Lipinski definition) is 5. The number of hydrogen-bond donors (Lipinski definition) is 0. The van der Waals surface area contributed by atoms with Gasteiger partial charge in [-0.1, -0.05) is 58.6 Å². The minimum atomic E-state index is -3.51. The predicted octanol–water partition coefficient (Wildman–Crippen LogP) is 3.83. The smallest absolute Gasteiger partial charge is 0.195 e. The zero-order valence-corrected chi connectivity index (χ0v) is 13.7. The molecule has 0 atom stereocenters. The second-order valence-electron chi connectivity index (χ2n) is 4.66. The fraction of sp³-hybridized carbons (Fsp3) is 0.0667. The van der Waals surface area contributed by atoms with E-state index in [9.17, 15) is 8.42 Å². The molecule has 1 heterocycles. The quantitative estimate of drug-likeness (QED) is 0.717. The summed E-state index contributed by atoms with van der Waals surface area (Å²) in [7, 11) is -3.51. The minimum absolute atomic E-state index is 0.103. The molecule has 0 radical (unpaired) electrons. The van der Waals surface area contributed by atoms with Crippen LogP contribution in [0, 0.1) is 0 Å². The Balaban J connectivity index is 1.97. The molecule has 0 fully saturated rings. The zero-order valence-electron chi connectivity index (χ0n) is 11.3. The molecule has 3 rings (SSSR count). The Labute approximate surface area is 137 Å². The van der Waals surface area contributed by atoms with Crippen molar-refractivity contribution in [3.8, 4) is 11.3 Å². The van der Waals surface area contributed by atoms with Gasteiger partial charge < -0.3 is 0 Å². The van der Waals surface area contributed by atoms with Crippen LogP contribution < -0.4 is 0 Å². The average Bonchev–Trinajstić information content (AvgIpc) is 3.01. The van der Waals surface area contributed by atoms with Crippen LogP contribution in [0.5, 0.6) is 0 Å². The maximum atomic E-state index is 12.6. The Morgan fingerprint density at radius 1 is 1.00 bits per heavy atom. The molecular formula is C15H11ClN2O2S2. The van der Waals surface area contributed by atoms with Crippen LogP contribution in [0.15, 0.2) is 58.8 Å². The summed E-state index contributed by atoms with van der Waals surface area (Å²) >= 11 is 6.72. The van der Waals surface area contributed by atoms with E-state index in [1.807, 2.05) is 30.3 Å². The normalized spacial score (nSPS) is 11.5. The van der Waals surface area contributed by atoms with Gasteiger partial charge >= 0.3 is 0 Å². The first-order chi connectivity index (χ1) is 10.6. The van der Waals surface area contributed by atoms with Gasteiger partial charge in [0.05, 0.1) is 5.75 Å². The summed E-state index contributed by atoms with van der Waals surface area (Å²) in [5, 5.41) is 4.55. The van der Waals surface area contributed by atoms with Crippen molar-refractivity contribution in [1.82, 2.24) is 9.59 Å². The first-order valence-electron chi connectivity index (χ1n) is 6.41. The molecule has 0 bridgehead atoms. The van der Waals surface area contributed by atoms with Crippen LogP contribution in [0.1, 0.15) is 5.56 Å². The van der Waals surface area contributed by atoms with Crippen LogP contribution in [-0.4, -0.2) is 18.0 Å². The molecule has 112 valence electrons. The van der Waals surface area contributed by atoms with Crippen LogP contribution in [0.4, 0.5) is 0 Å². The first kappa shape index (κ1) is 15.1. The SMILES string of the molecule is O=S(=O)(Cc1ccc(Cl)cc1)c1snnc1-c1ccccc1. The Kier molecular flexibility index (Phi) is 4.24. The Morgan fingerprint density at radius 2 is 1.68 bits per heavy atom. The molecule has 0 amide bonds. The second-order valence-corrected chi connectivity index (χ2v) is 8.04. The van der Waals surface area contributed by atoms with Gasteiger partial charge in [-0.05, 0) is 17.7 Å². The van der Waals surface area contributed by atoms with Gasteiger partial charge in [0.15, 0.2) is 14.0 Å². The van der Waals surface area contributed by atoms with E-state index >= 15 is 0 Å². The lowest BCUT2D eigenvalue weighted by atomic mass is 10.2. The highest BCUT2D eigenvalue weighted by Crippen LogP contribution is 2.30. The van der Waals surface area contributed by atoms with E-state index < -0.39 is 9.84 Å². The van der Waals surface area contributed by atoms with Gasteiger partial charge in [0, 0.05) is 22.1 Å². The van der Waals surface area contributed by atoms with Crippen molar-refractivity contribution < 1.29 is 8.42 Å². The van der Waals surface area contributed by atoms with Crippen LogP contribution in [0.25, 0.3) is 11.3 Å². The van der Waals surface area contributed by atoms with Gasteiger partial charge in [0.25, 0.3) is 0 Å². The van der Waals surface area contributed by atoms with E-state index in [0.29, 0.717) is 16.3 Å². The van der Waals surface area contributed by atoms with Crippen molar-refractivity contribution >= 4 is 33.0 Å². The van der Waals surface area contributed by atoms with Gasteiger partial charge in [0.2, 0.25) is 0 Å². The molecular weight excluding hydrogens is 340 g/mol. The fourth-order valence-electron chi connectivity index (χ4n) is 2.02. The number of benzene rings is 2. The number of aromatic nitrogens is 2. The number of nitrogens with zero attached hydrogens (tertiary/aromatic N) is 2. The Morgan fingerprint density at radius 3 is 2.36 bits per heavy atom. The third kappa shape index (κ3) is 3.19. The van der Waals surface area contributed by atoms with Crippen molar-refractivity contribution in [2.24, 2.45) is 0 Å². The monoisotopic (exact) mass is 350 g/mol. The third-order valence-corrected chi connectivity index (χ3v) is 6.29. The molecule has 7 heteroatoms. The molecule has 0 N–H and O–H groups in total. The summed E-state index contributed by atoms with van der Waals surface area (Å²) < 4.78 is 29.3. The highest BCUT2D eigenvalue weighted by molar-refractivity contribution is 7.92. The molecule has 4 nitrogen and oxygen atoms in total. The molecule has 0 aliphatic carbocycles. The summed E-state index contributed by atoms with van der Waals surface area (Å²) in [4.78, 5) is 0. The Hall–Kier alpha value is -1.76. The predicted molar refractivity (Wildman–Crippen MR) is 87.7 cm³/mol. The summed E-state index contributed by atoms with van der Waals surface area (Å²) in [5.74, 6) is -0.103. The summed E-state index contributed by atoms with van der Waals surface area (Å²) in [5.41, 5.74) is 1.82. The van der Waals surface area contributed by atoms with Gasteiger partial charge in [-0.2, -0.15) is 0 Å². The Bertz CT molecular complexity index is 875. The van der Waals surface area contributed by atoms with Crippen molar-refractivity contribution in [3.63, 3.8) is 0 Å². The van der Waals surface area contributed by atoms with Crippen molar-refractivity contribution in [2.75, 3.05) is 0 Å². The van der Waals surface area contributed by atoms with E-state index in [0.717, 1.165) is 17.1 Å². The molecule has 0 unspecified atom stereocenters. The molecule has 2 aromatic carbocycles. The molecule has 0 saturated carbocycles. The van der Waals surface area contributed by atoms with Crippen LogP contribution >= 0.6 is 23.1 Å². The van der Waals surface area contributed by atoms with Gasteiger partial charge in [-0.3, -0.25) is 0 Å². The summed E-state index contributed by atoms with van der Waals surface area (Å²) in [6, 6.07) is 15.9. The molecule has 0 spiro atoms. The lowest BCUT2D eigenvalue weighted by molar-refractivity contribution is 0.597. The molecule has 0 saturated heterocycles. The van der Waals surface area contributed by atoms with E-state index in [4.69, 9.17) is 11.6 Å². The lowest BCUT2D eigenvalue weighted by Gasteiger charge is -2.04. The minimum Gasteiger partial charge on any atom is -0.222 e. The van der Waals surface area contributed by atoms with Crippen LogP contribution in [0.2, 0.25) is 5.02 Å². The summed E-state index contributed by atoms with van der Waals surface area (Å²) in [6.45, 7) is 0. The topological polar surface area (TPSA) is 59.9 Å².